The maximum absolute atomic E-state index is 12.8. The second kappa shape index (κ2) is 6.15. The number of amides is 1. The van der Waals surface area contributed by atoms with Gasteiger partial charge in [0, 0.05) is 19.0 Å². The van der Waals surface area contributed by atoms with Crippen LogP contribution in [0.25, 0.3) is 0 Å². The summed E-state index contributed by atoms with van der Waals surface area (Å²) in [7, 11) is 0. The van der Waals surface area contributed by atoms with Gasteiger partial charge in [0.15, 0.2) is 0 Å². The summed E-state index contributed by atoms with van der Waals surface area (Å²) >= 11 is 5.45. The molecular weight excluding hydrogens is 269 g/mol. The van der Waals surface area contributed by atoms with E-state index in [9.17, 15) is 14.0 Å². The van der Waals surface area contributed by atoms with Crippen LogP contribution in [0.15, 0.2) is 24.3 Å². The number of carbonyl (C=O) groups is 2. The molecule has 1 heterocycles. The highest BCUT2D eigenvalue weighted by Crippen LogP contribution is 2.20. The molecule has 0 aliphatic carbocycles. The van der Waals surface area contributed by atoms with Crippen molar-refractivity contribution in [1.29, 1.82) is 0 Å². The van der Waals surface area contributed by atoms with Gasteiger partial charge in [-0.2, -0.15) is 0 Å². The third kappa shape index (κ3) is 3.77. The van der Waals surface area contributed by atoms with Gasteiger partial charge < -0.3 is 4.90 Å². The van der Waals surface area contributed by atoms with Crippen molar-refractivity contribution >= 4 is 22.8 Å². The standard InChI is InChI=1S/C14H15ClFNO2/c15-14(19)11-5-7-17(8-6-11)13(18)9-10-1-3-12(16)4-2-10/h1-4,11H,5-9H2. The van der Waals surface area contributed by atoms with E-state index in [2.05, 4.69) is 0 Å². The molecule has 1 aliphatic heterocycles. The van der Waals surface area contributed by atoms with Gasteiger partial charge in [-0.05, 0) is 42.1 Å². The predicted octanol–water partition coefficient (Wildman–Crippen LogP) is 2.37. The third-order valence-corrected chi connectivity index (χ3v) is 3.75. The van der Waals surface area contributed by atoms with Gasteiger partial charge in [0.2, 0.25) is 11.1 Å². The molecule has 19 heavy (non-hydrogen) atoms. The van der Waals surface area contributed by atoms with Crippen LogP contribution in [-0.4, -0.2) is 29.1 Å². The van der Waals surface area contributed by atoms with Crippen molar-refractivity contribution in [3.8, 4) is 0 Å². The van der Waals surface area contributed by atoms with E-state index in [0.29, 0.717) is 25.9 Å². The molecule has 0 N–H and O–H groups in total. The van der Waals surface area contributed by atoms with Crippen molar-refractivity contribution in [1.82, 2.24) is 4.90 Å². The first-order chi connectivity index (χ1) is 9.06. The van der Waals surface area contributed by atoms with Crippen molar-refractivity contribution < 1.29 is 14.0 Å². The lowest BCUT2D eigenvalue weighted by molar-refractivity contribution is -0.133. The molecule has 1 amide bonds. The highest BCUT2D eigenvalue weighted by molar-refractivity contribution is 6.63. The van der Waals surface area contributed by atoms with Crippen LogP contribution < -0.4 is 0 Å². The Kier molecular flexibility index (Phi) is 4.53. The second-order valence-electron chi connectivity index (χ2n) is 4.76. The normalized spacial score (nSPS) is 16.4. The molecule has 0 bridgehead atoms. The maximum atomic E-state index is 12.8. The number of hydrogen-bond acceptors (Lipinski definition) is 2. The van der Waals surface area contributed by atoms with E-state index in [0.717, 1.165) is 5.56 Å². The summed E-state index contributed by atoms with van der Waals surface area (Å²) in [6.45, 7) is 1.12. The molecule has 1 saturated heterocycles. The van der Waals surface area contributed by atoms with Gasteiger partial charge in [-0.1, -0.05) is 12.1 Å². The zero-order chi connectivity index (χ0) is 13.8. The molecule has 5 heteroatoms. The number of halogens is 2. The van der Waals surface area contributed by atoms with Crippen molar-refractivity contribution in [3.63, 3.8) is 0 Å². The smallest absolute Gasteiger partial charge is 0.226 e. The summed E-state index contributed by atoms with van der Waals surface area (Å²) in [5, 5.41) is -0.314. The molecule has 0 radical (unpaired) electrons. The largest absolute Gasteiger partial charge is 0.342 e. The maximum Gasteiger partial charge on any atom is 0.226 e. The second-order valence-corrected chi connectivity index (χ2v) is 5.13. The molecular formula is C14H15ClFNO2. The van der Waals surface area contributed by atoms with Crippen LogP contribution in [0, 0.1) is 11.7 Å². The number of piperidine rings is 1. The third-order valence-electron chi connectivity index (χ3n) is 3.44. The summed E-state index contributed by atoms with van der Waals surface area (Å²) in [6.07, 6.45) is 1.51. The van der Waals surface area contributed by atoms with Crippen LogP contribution in [0.1, 0.15) is 18.4 Å². The average Bonchev–Trinajstić information content (AvgIpc) is 2.41. The zero-order valence-corrected chi connectivity index (χ0v) is 11.2. The minimum atomic E-state index is -0.314. The van der Waals surface area contributed by atoms with E-state index in [-0.39, 0.29) is 29.3 Å². The highest BCUT2D eigenvalue weighted by atomic mass is 35.5. The van der Waals surface area contributed by atoms with Crippen molar-refractivity contribution in [2.75, 3.05) is 13.1 Å². The van der Waals surface area contributed by atoms with Gasteiger partial charge >= 0.3 is 0 Å². The predicted molar refractivity (Wildman–Crippen MR) is 70.3 cm³/mol. The molecule has 0 saturated carbocycles. The lowest BCUT2D eigenvalue weighted by Crippen LogP contribution is -2.40. The van der Waals surface area contributed by atoms with Crippen molar-refractivity contribution in [3.05, 3.63) is 35.6 Å². The SMILES string of the molecule is O=C(Cl)C1CCN(C(=O)Cc2ccc(F)cc2)CC1. The van der Waals surface area contributed by atoms with Gasteiger partial charge in [-0.15, -0.1) is 0 Å². The van der Waals surface area contributed by atoms with Crippen LogP contribution in [0.2, 0.25) is 0 Å². The molecule has 0 unspecified atom stereocenters. The first kappa shape index (κ1) is 14.0. The topological polar surface area (TPSA) is 37.4 Å². The highest BCUT2D eigenvalue weighted by Gasteiger charge is 2.26. The molecule has 0 spiro atoms. The van der Waals surface area contributed by atoms with Crippen LogP contribution in [0.4, 0.5) is 4.39 Å². The number of benzene rings is 1. The van der Waals surface area contributed by atoms with Crippen LogP contribution in [0.5, 0.6) is 0 Å². The monoisotopic (exact) mass is 283 g/mol. The van der Waals surface area contributed by atoms with E-state index in [1.54, 1.807) is 17.0 Å². The van der Waals surface area contributed by atoms with Gasteiger partial charge in [-0.25, -0.2) is 4.39 Å². The van der Waals surface area contributed by atoms with Gasteiger partial charge in [0.05, 0.1) is 6.42 Å². The quantitative estimate of drug-likeness (QED) is 0.799. The fourth-order valence-corrected chi connectivity index (χ4v) is 2.46. The minimum absolute atomic E-state index is 0.00656. The number of rotatable bonds is 3. The van der Waals surface area contributed by atoms with E-state index in [4.69, 9.17) is 11.6 Å². The first-order valence-electron chi connectivity index (χ1n) is 6.28. The lowest BCUT2D eigenvalue weighted by Gasteiger charge is -2.30. The molecule has 1 aromatic carbocycles. The van der Waals surface area contributed by atoms with E-state index < -0.39 is 0 Å². The van der Waals surface area contributed by atoms with E-state index in [1.165, 1.54) is 12.1 Å². The minimum Gasteiger partial charge on any atom is -0.342 e. The Balaban J connectivity index is 1.88. The summed E-state index contributed by atoms with van der Waals surface area (Å²) in [5.74, 6) is -0.429. The summed E-state index contributed by atoms with van der Waals surface area (Å²) in [4.78, 5) is 24.8. The van der Waals surface area contributed by atoms with Gasteiger partial charge in [0.25, 0.3) is 0 Å². The summed E-state index contributed by atoms with van der Waals surface area (Å²) < 4.78 is 12.8. The molecule has 1 aliphatic rings. The molecule has 2 rings (SSSR count). The lowest BCUT2D eigenvalue weighted by atomic mass is 9.98. The van der Waals surface area contributed by atoms with Crippen molar-refractivity contribution in [2.24, 2.45) is 5.92 Å². The average molecular weight is 284 g/mol. The summed E-state index contributed by atoms with van der Waals surface area (Å²) in [5.41, 5.74) is 0.793. The van der Waals surface area contributed by atoms with Gasteiger partial charge in [0.1, 0.15) is 5.82 Å². The number of likely N-dealkylation sites (tertiary alicyclic amines) is 1. The fraction of sp³-hybridized carbons (Fsp3) is 0.429. The fourth-order valence-electron chi connectivity index (χ4n) is 2.24. The molecule has 0 aromatic heterocycles. The first-order valence-corrected chi connectivity index (χ1v) is 6.65. The molecule has 0 atom stereocenters. The Bertz CT molecular complexity index is 467. The van der Waals surface area contributed by atoms with Crippen molar-refractivity contribution in [2.45, 2.75) is 19.3 Å². The van der Waals surface area contributed by atoms with Gasteiger partial charge in [-0.3, -0.25) is 9.59 Å². The summed E-state index contributed by atoms with van der Waals surface area (Å²) in [6, 6.07) is 5.92. The number of nitrogens with zero attached hydrogens (tertiary/aromatic N) is 1. The molecule has 1 fully saturated rings. The number of carbonyl (C=O) groups excluding carboxylic acids is 2. The van der Waals surface area contributed by atoms with Crippen LogP contribution in [-0.2, 0) is 16.0 Å². The molecule has 102 valence electrons. The Morgan fingerprint density at radius 3 is 2.32 bits per heavy atom. The Morgan fingerprint density at radius 2 is 1.79 bits per heavy atom. The number of hydrogen-bond donors (Lipinski definition) is 0. The zero-order valence-electron chi connectivity index (χ0n) is 10.4. The van der Waals surface area contributed by atoms with Crippen LogP contribution >= 0.6 is 11.6 Å². The Labute approximate surface area is 116 Å². The van der Waals surface area contributed by atoms with E-state index >= 15 is 0 Å². The molecule has 1 aromatic rings. The molecule has 3 nitrogen and oxygen atoms in total. The Hall–Kier alpha value is -1.42. The van der Waals surface area contributed by atoms with E-state index in [1.807, 2.05) is 0 Å². The van der Waals surface area contributed by atoms with Crippen LogP contribution in [0.3, 0.4) is 0 Å². The Morgan fingerprint density at radius 1 is 1.21 bits per heavy atom.